The zero-order valence-electron chi connectivity index (χ0n) is 13.2. The molecule has 0 aliphatic rings. The van der Waals surface area contributed by atoms with E-state index in [-0.39, 0.29) is 18.7 Å². The van der Waals surface area contributed by atoms with Gasteiger partial charge >= 0.3 is 0 Å². The van der Waals surface area contributed by atoms with Crippen LogP contribution in [0.4, 0.5) is 0 Å². The number of fused-ring (bicyclic) bond motifs is 1. The van der Waals surface area contributed by atoms with Crippen LogP contribution in [0.25, 0.3) is 10.9 Å². The lowest BCUT2D eigenvalue weighted by molar-refractivity contribution is 0.0198. The highest BCUT2D eigenvalue weighted by Crippen LogP contribution is 2.16. The van der Waals surface area contributed by atoms with Gasteiger partial charge in [0.15, 0.2) is 0 Å². The van der Waals surface area contributed by atoms with E-state index >= 15 is 0 Å². The molecule has 2 aromatic carbocycles. The lowest BCUT2D eigenvalue weighted by atomic mass is 10.2. The number of benzene rings is 2. The summed E-state index contributed by atoms with van der Waals surface area (Å²) >= 11 is 9.41. The third kappa shape index (κ3) is 4.46. The minimum absolute atomic E-state index is 0.0915. The van der Waals surface area contributed by atoms with E-state index in [4.69, 9.17) is 16.3 Å². The van der Waals surface area contributed by atoms with E-state index in [0.29, 0.717) is 22.5 Å². The van der Waals surface area contributed by atoms with E-state index in [1.165, 1.54) is 10.9 Å². The summed E-state index contributed by atoms with van der Waals surface area (Å²) in [5, 5.41) is 11.3. The molecule has 3 aromatic rings. The Morgan fingerprint density at radius 1 is 1.28 bits per heavy atom. The lowest BCUT2D eigenvalue weighted by Gasteiger charge is -2.14. The third-order valence-electron chi connectivity index (χ3n) is 3.72. The van der Waals surface area contributed by atoms with Gasteiger partial charge in [-0.15, -0.1) is 0 Å². The molecule has 1 heterocycles. The van der Waals surface area contributed by atoms with Crippen molar-refractivity contribution in [3.8, 4) is 0 Å². The first-order valence-corrected chi connectivity index (χ1v) is 8.85. The van der Waals surface area contributed by atoms with Gasteiger partial charge in [-0.2, -0.15) is 0 Å². The standard InChI is InChI=1S/C18H16BrClN2O3/c19-13-5-6-17-15(7-13)18(24)22(11-21-17)8-14(23)10-25-9-12-3-1-2-4-16(12)20/h1-7,11,14,23H,8-10H2/t14-/m0/s1. The van der Waals surface area contributed by atoms with Crippen molar-refractivity contribution in [2.75, 3.05) is 6.61 Å². The molecule has 0 aliphatic carbocycles. The van der Waals surface area contributed by atoms with Crippen molar-refractivity contribution < 1.29 is 9.84 Å². The molecule has 0 unspecified atom stereocenters. The molecule has 1 atom stereocenters. The maximum absolute atomic E-state index is 12.5. The van der Waals surface area contributed by atoms with Crippen molar-refractivity contribution in [3.05, 3.63) is 74.2 Å². The zero-order valence-corrected chi connectivity index (χ0v) is 15.6. The molecular formula is C18H16BrClN2O3. The third-order valence-corrected chi connectivity index (χ3v) is 4.58. The molecule has 130 valence electrons. The molecular weight excluding hydrogens is 408 g/mol. The summed E-state index contributed by atoms with van der Waals surface area (Å²) in [6.45, 7) is 0.500. The predicted octanol–water partition coefficient (Wildman–Crippen LogP) is 3.39. The van der Waals surface area contributed by atoms with Gasteiger partial charge in [-0.3, -0.25) is 9.36 Å². The zero-order chi connectivity index (χ0) is 17.8. The van der Waals surface area contributed by atoms with E-state index in [2.05, 4.69) is 20.9 Å². The Morgan fingerprint density at radius 3 is 2.88 bits per heavy atom. The van der Waals surface area contributed by atoms with Crippen LogP contribution in [-0.4, -0.2) is 27.4 Å². The van der Waals surface area contributed by atoms with Gasteiger partial charge in [0.05, 0.1) is 43.1 Å². The first kappa shape index (κ1) is 18.1. The average molecular weight is 424 g/mol. The Labute approximate surface area is 158 Å². The van der Waals surface area contributed by atoms with E-state index in [1.54, 1.807) is 18.2 Å². The van der Waals surface area contributed by atoms with Crippen molar-refractivity contribution in [1.82, 2.24) is 9.55 Å². The molecule has 25 heavy (non-hydrogen) atoms. The smallest absolute Gasteiger partial charge is 0.261 e. The number of hydrogen-bond acceptors (Lipinski definition) is 4. The van der Waals surface area contributed by atoms with Crippen LogP contribution in [0.5, 0.6) is 0 Å². The highest BCUT2D eigenvalue weighted by atomic mass is 79.9. The molecule has 0 saturated carbocycles. The molecule has 0 bridgehead atoms. The van der Waals surface area contributed by atoms with Crippen molar-refractivity contribution in [1.29, 1.82) is 0 Å². The first-order chi connectivity index (χ1) is 12.0. The summed E-state index contributed by atoms with van der Waals surface area (Å²) < 4.78 is 7.70. The highest BCUT2D eigenvalue weighted by Gasteiger charge is 2.10. The van der Waals surface area contributed by atoms with E-state index < -0.39 is 6.10 Å². The molecule has 1 N–H and O–H groups in total. The molecule has 0 amide bonds. The predicted molar refractivity (Wildman–Crippen MR) is 101 cm³/mol. The topological polar surface area (TPSA) is 64.4 Å². The van der Waals surface area contributed by atoms with Crippen LogP contribution in [0, 0.1) is 0 Å². The number of ether oxygens (including phenoxy) is 1. The molecule has 0 saturated heterocycles. The second-order valence-electron chi connectivity index (χ2n) is 5.62. The molecule has 5 nitrogen and oxygen atoms in total. The van der Waals surface area contributed by atoms with Crippen LogP contribution in [0.2, 0.25) is 5.02 Å². The number of aliphatic hydroxyl groups excluding tert-OH is 1. The lowest BCUT2D eigenvalue weighted by Crippen LogP contribution is -2.29. The number of rotatable bonds is 6. The van der Waals surface area contributed by atoms with E-state index in [0.717, 1.165) is 10.0 Å². The number of aromatic nitrogens is 2. The first-order valence-electron chi connectivity index (χ1n) is 7.68. The summed E-state index contributed by atoms with van der Waals surface area (Å²) in [6.07, 6.45) is 0.613. The average Bonchev–Trinajstić information content (AvgIpc) is 2.59. The summed E-state index contributed by atoms with van der Waals surface area (Å²) in [6, 6.07) is 12.7. The number of nitrogens with zero attached hydrogens (tertiary/aromatic N) is 2. The number of aliphatic hydroxyl groups is 1. The van der Waals surface area contributed by atoms with Crippen LogP contribution in [0.15, 0.2) is 58.1 Å². The second kappa shape index (κ2) is 8.10. The van der Waals surface area contributed by atoms with E-state index in [9.17, 15) is 9.90 Å². The monoisotopic (exact) mass is 422 g/mol. The Bertz CT molecular complexity index is 945. The summed E-state index contributed by atoms with van der Waals surface area (Å²) in [4.78, 5) is 16.7. The molecule has 0 spiro atoms. The minimum atomic E-state index is -0.827. The molecule has 0 radical (unpaired) electrons. The van der Waals surface area contributed by atoms with Crippen molar-refractivity contribution in [2.45, 2.75) is 19.3 Å². The van der Waals surface area contributed by atoms with Gasteiger partial charge < -0.3 is 9.84 Å². The second-order valence-corrected chi connectivity index (χ2v) is 6.95. The van der Waals surface area contributed by atoms with Gasteiger partial charge in [0, 0.05) is 9.50 Å². The van der Waals surface area contributed by atoms with Gasteiger partial charge in [-0.1, -0.05) is 45.7 Å². The molecule has 3 rings (SSSR count). The van der Waals surface area contributed by atoms with Crippen LogP contribution in [-0.2, 0) is 17.9 Å². The number of halogens is 2. The summed E-state index contributed by atoms with van der Waals surface area (Å²) in [5.74, 6) is 0. The van der Waals surface area contributed by atoms with Gasteiger partial charge in [0.2, 0.25) is 0 Å². The minimum Gasteiger partial charge on any atom is -0.389 e. The largest absolute Gasteiger partial charge is 0.389 e. The Balaban J connectivity index is 1.64. The van der Waals surface area contributed by atoms with Crippen LogP contribution in [0.3, 0.4) is 0 Å². The summed E-state index contributed by atoms with van der Waals surface area (Å²) in [5.41, 5.74) is 1.27. The Morgan fingerprint density at radius 2 is 2.08 bits per heavy atom. The SMILES string of the molecule is O=c1c2cc(Br)ccc2ncn1C[C@H](O)COCc1ccccc1Cl. The molecule has 7 heteroatoms. The fourth-order valence-electron chi connectivity index (χ4n) is 2.46. The molecule has 0 aliphatic heterocycles. The van der Waals surface area contributed by atoms with Crippen LogP contribution in [0.1, 0.15) is 5.56 Å². The van der Waals surface area contributed by atoms with E-state index in [1.807, 2.05) is 24.3 Å². The fraction of sp³-hybridized carbons (Fsp3) is 0.222. The van der Waals surface area contributed by atoms with Gasteiger partial charge in [0.25, 0.3) is 5.56 Å². The highest BCUT2D eigenvalue weighted by molar-refractivity contribution is 9.10. The van der Waals surface area contributed by atoms with Crippen molar-refractivity contribution in [2.24, 2.45) is 0 Å². The fourth-order valence-corrected chi connectivity index (χ4v) is 3.01. The quantitative estimate of drug-likeness (QED) is 0.660. The Kier molecular flexibility index (Phi) is 5.86. The molecule has 1 aromatic heterocycles. The van der Waals surface area contributed by atoms with Gasteiger partial charge in [-0.25, -0.2) is 4.98 Å². The normalized spacial score (nSPS) is 12.4. The summed E-state index contributed by atoms with van der Waals surface area (Å²) in [7, 11) is 0. The molecule has 0 fully saturated rings. The maximum atomic E-state index is 12.5. The van der Waals surface area contributed by atoms with Crippen LogP contribution < -0.4 is 5.56 Å². The maximum Gasteiger partial charge on any atom is 0.261 e. The van der Waals surface area contributed by atoms with Gasteiger partial charge in [-0.05, 0) is 29.8 Å². The number of hydrogen-bond donors (Lipinski definition) is 1. The van der Waals surface area contributed by atoms with Crippen molar-refractivity contribution in [3.63, 3.8) is 0 Å². The Hall–Kier alpha value is -1.73. The van der Waals surface area contributed by atoms with Crippen LogP contribution >= 0.6 is 27.5 Å². The van der Waals surface area contributed by atoms with Crippen molar-refractivity contribution >= 4 is 38.4 Å². The van der Waals surface area contributed by atoms with Gasteiger partial charge in [0.1, 0.15) is 0 Å².